The van der Waals surface area contributed by atoms with Gasteiger partial charge in [-0.2, -0.15) is 0 Å². The van der Waals surface area contributed by atoms with Crippen LogP contribution in [0.25, 0.3) is 10.4 Å². The number of aliphatic hydroxyl groups is 1. The van der Waals surface area contributed by atoms with E-state index in [1.54, 1.807) is 37.6 Å². The van der Waals surface area contributed by atoms with Crippen LogP contribution in [0.1, 0.15) is 96.9 Å². The van der Waals surface area contributed by atoms with Gasteiger partial charge < -0.3 is 25.4 Å². The van der Waals surface area contributed by atoms with Crippen molar-refractivity contribution in [1.29, 1.82) is 0 Å². The minimum absolute atomic E-state index is 0.0521. The summed E-state index contributed by atoms with van der Waals surface area (Å²) in [5.41, 5.74) is 2.43. The van der Waals surface area contributed by atoms with Crippen LogP contribution < -0.4 is 10.6 Å². The number of aryl methyl sites for hydroxylation is 2. The van der Waals surface area contributed by atoms with Crippen molar-refractivity contribution >= 4 is 35.0 Å². The van der Waals surface area contributed by atoms with Crippen LogP contribution in [-0.2, 0) is 36.9 Å². The number of esters is 1. The third-order valence-corrected chi connectivity index (χ3v) is 9.49. The fourth-order valence-corrected chi connectivity index (χ4v) is 6.55. The first-order valence-corrected chi connectivity index (χ1v) is 17.3. The monoisotopic (exact) mass is 672 g/mol. The molecule has 1 aliphatic heterocycles. The van der Waals surface area contributed by atoms with Crippen molar-refractivity contribution in [3.8, 4) is 10.4 Å². The Labute approximate surface area is 280 Å². The number of thiazole rings is 1. The zero-order chi connectivity index (χ0) is 34.7. The van der Waals surface area contributed by atoms with Crippen LogP contribution in [0.4, 0.5) is 4.39 Å². The normalized spacial score (nSPS) is 19.6. The van der Waals surface area contributed by atoms with Crippen LogP contribution in [-0.4, -0.2) is 74.7 Å². The minimum Gasteiger partial charge on any atom is -0.460 e. The van der Waals surface area contributed by atoms with Crippen LogP contribution >= 0.6 is 11.3 Å². The van der Waals surface area contributed by atoms with Crippen molar-refractivity contribution in [1.82, 2.24) is 20.5 Å². The molecule has 12 heteroatoms. The number of likely N-dealkylation sites (tertiary alicyclic amines) is 1. The van der Waals surface area contributed by atoms with Crippen molar-refractivity contribution in [2.24, 2.45) is 5.41 Å². The molecular weight excluding hydrogens is 623 g/mol. The number of ether oxygens (including phenoxy) is 1. The Morgan fingerprint density at radius 2 is 1.83 bits per heavy atom. The molecule has 258 valence electrons. The first-order chi connectivity index (χ1) is 21.9. The Morgan fingerprint density at radius 3 is 2.43 bits per heavy atom. The van der Waals surface area contributed by atoms with Crippen LogP contribution in [0, 0.1) is 12.3 Å². The molecule has 1 saturated heterocycles. The Kier molecular flexibility index (Phi) is 11.2. The second-order valence-corrected chi connectivity index (χ2v) is 15.8. The molecule has 2 heterocycles. The lowest BCUT2D eigenvalue weighted by atomic mass is 9.85. The number of halogens is 1. The number of unbranched alkanes of at least 4 members (excludes halogenated alkanes) is 1. The van der Waals surface area contributed by atoms with Gasteiger partial charge >= 0.3 is 5.97 Å². The highest BCUT2D eigenvalue weighted by molar-refractivity contribution is 7.13. The van der Waals surface area contributed by atoms with Crippen molar-refractivity contribution in [3.63, 3.8) is 0 Å². The van der Waals surface area contributed by atoms with E-state index >= 15 is 0 Å². The lowest BCUT2D eigenvalue weighted by Crippen LogP contribution is -2.59. The Hall–Kier alpha value is -3.38. The Balaban J connectivity index is 1.46. The molecule has 4 rings (SSSR count). The van der Waals surface area contributed by atoms with Crippen LogP contribution in [0.2, 0.25) is 0 Å². The van der Waals surface area contributed by atoms with Gasteiger partial charge in [-0.25, -0.2) is 9.37 Å². The number of benzene rings is 1. The zero-order valence-electron chi connectivity index (χ0n) is 28.6. The number of β-amino-alcohol motifs (C(OH)–C–C–N with tert-alkyl or cyclic N) is 1. The molecule has 1 aromatic carbocycles. The molecule has 2 aromatic rings. The number of aliphatic hydroxyl groups excluding tert-OH is 1. The van der Waals surface area contributed by atoms with Gasteiger partial charge in [0.1, 0.15) is 17.7 Å². The Morgan fingerprint density at radius 1 is 1.13 bits per heavy atom. The molecule has 1 aliphatic carbocycles. The number of rotatable bonds is 12. The molecule has 47 heavy (non-hydrogen) atoms. The van der Waals surface area contributed by atoms with Crippen molar-refractivity contribution in [3.05, 3.63) is 40.5 Å². The van der Waals surface area contributed by atoms with E-state index in [1.807, 2.05) is 39.8 Å². The number of hydrogen-bond acceptors (Lipinski definition) is 8. The minimum atomic E-state index is -1.95. The summed E-state index contributed by atoms with van der Waals surface area (Å²) < 4.78 is 19.9. The second-order valence-electron chi connectivity index (χ2n) is 14.9. The van der Waals surface area contributed by atoms with E-state index in [9.17, 15) is 28.7 Å². The molecule has 2 aliphatic rings. The summed E-state index contributed by atoms with van der Waals surface area (Å²) in [7, 11) is 0. The van der Waals surface area contributed by atoms with Gasteiger partial charge in [-0.15, -0.1) is 11.3 Å². The summed E-state index contributed by atoms with van der Waals surface area (Å²) in [5.74, 6) is -2.00. The zero-order valence-corrected chi connectivity index (χ0v) is 29.4. The summed E-state index contributed by atoms with van der Waals surface area (Å²) in [6.45, 7) is 12.9. The van der Waals surface area contributed by atoms with Crippen LogP contribution in [0.15, 0.2) is 23.7 Å². The first-order valence-electron chi connectivity index (χ1n) is 16.4. The number of hydrogen-bond donors (Lipinski definition) is 3. The largest absolute Gasteiger partial charge is 0.460 e. The van der Waals surface area contributed by atoms with E-state index in [1.165, 1.54) is 4.90 Å². The number of alkyl halides is 1. The maximum absolute atomic E-state index is 14.5. The van der Waals surface area contributed by atoms with Gasteiger partial charge in [0.25, 0.3) is 5.91 Å². The predicted molar refractivity (Wildman–Crippen MR) is 178 cm³/mol. The standard InChI is InChI=1S/C35H49FN4O6S/c1-21-28(47-20-38-21)23-12-13-24(22(16-23)10-8-9-11-27(42)46-34(5,6)7)18-37-30(43)26-17-25(41)19-40(26)31(44)29(33(2,3)4)39-32(45)35(36)14-15-35/h12-13,16,20,25-26,29,41H,8-11,14-15,17-19H2,1-7H3,(H,37,43)(H,39,45)/t25-,26+,29-/m1/s1. The highest BCUT2D eigenvalue weighted by Gasteiger charge is 2.53. The van der Waals surface area contributed by atoms with Crippen molar-refractivity contribution < 1.29 is 33.4 Å². The predicted octanol–water partition coefficient (Wildman–Crippen LogP) is 4.78. The smallest absolute Gasteiger partial charge is 0.306 e. The maximum Gasteiger partial charge on any atom is 0.306 e. The van der Waals surface area contributed by atoms with Crippen LogP contribution in [0.5, 0.6) is 0 Å². The van der Waals surface area contributed by atoms with Gasteiger partial charge in [0, 0.05) is 25.9 Å². The van der Waals surface area contributed by atoms with Gasteiger partial charge in [-0.05, 0) is 88.0 Å². The van der Waals surface area contributed by atoms with Gasteiger partial charge in [-0.3, -0.25) is 19.2 Å². The molecule has 0 radical (unpaired) electrons. The molecular formula is C35H49FN4O6S. The molecule has 0 spiro atoms. The van der Waals surface area contributed by atoms with E-state index in [2.05, 4.69) is 21.7 Å². The van der Waals surface area contributed by atoms with Gasteiger partial charge in [0.05, 0.1) is 22.2 Å². The van der Waals surface area contributed by atoms with Crippen molar-refractivity contribution in [2.45, 2.75) is 129 Å². The molecule has 0 bridgehead atoms. The highest BCUT2D eigenvalue weighted by Crippen LogP contribution is 2.40. The molecule has 1 aromatic heterocycles. The summed E-state index contributed by atoms with van der Waals surface area (Å²) in [5, 5.41) is 16.1. The van der Waals surface area contributed by atoms with E-state index in [0.29, 0.717) is 19.3 Å². The number of aromatic nitrogens is 1. The highest BCUT2D eigenvalue weighted by atomic mass is 32.1. The van der Waals surface area contributed by atoms with E-state index < -0.39 is 52.6 Å². The van der Waals surface area contributed by atoms with E-state index in [4.69, 9.17) is 4.74 Å². The average molecular weight is 673 g/mol. The van der Waals surface area contributed by atoms with E-state index in [-0.39, 0.29) is 38.3 Å². The van der Waals surface area contributed by atoms with E-state index in [0.717, 1.165) is 33.7 Å². The SMILES string of the molecule is Cc1ncsc1-c1ccc(CNC(=O)[C@@H]2C[C@@H](O)CN2C(=O)[C@@H](NC(=O)C2(F)CC2)C(C)(C)C)c(CCCCC(=O)OC(C)(C)C)c1. The fraction of sp³-hybridized carbons (Fsp3) is 0.629. The van der Waals surface area contributed by atoms with Gasteiger partial charge in [-0.1, -0.05) is 32.9 Å². The first kappa shape index (κ1) is 36.5. The maximum atomic E-state index is 14.5. The topological polar surface area (TPSA) is 138 Å². The van der Waals surface area contributed by atoms with Gasteiger partial charge in [0.15, 0.2) is 5.67 Å². The van der Waals surface area contributed by atoms with Crippen LogP contribution in [0.3, 0.4) is 0 Å². The molecule has 2 fully saturated rings. The third kappa shape index (κ3) is 9.59. The molecule has 1 saturated carbocycles. The second kappa shape index (κ2) is 14.4. The van der Waals surface area contributed by atoms with Crippen molar-refractivity contribution in [2.75, 3.05) is 6.54 Å². The molecule has 3 amide bonds. The molecule has 10 nitrogen and oxygen atoms in total. The summed E-state index contributed by atoms with van der Waals surface area (Å²) >= 11 is 1.55. The molecule has 0 unspecified atom stereocenters. The Bertz CT molecular complexity index is 1470. The summed E-state index contributed by atoms with van der Waals surface area (Å²) in [6.07, 6.45) is 1.75. The summed E-state index contributed by atoms with van der Waals surface area (Å²) in [6, 6.07) is 4.05. The van der Waals surface area contributed by atoms with Gasteiger partial charge in [0.2, 0.25) is 11.8 Å². The lowest BCUT2D eigenvalue weighted by Gasteiger charge is -2.35. The quantitative estimate of drug-likeness (QED) is 0.218. The molecule has 3 atom stereocenters. The number of carbonyl (C=O) groups is 4. The number of nitrogens with zero attached hydrogens (tertiary/aromatic N) is 2. The number of amides is 3. The lowest BCUT2D eigenvalue weighted by molar-refractivity contribution is -0.155. The fourth-order valence-electron chi connectivity index (χ4n) is 5.75. The third-order valence-electron chi connectivity index (χ3n) is 8.51. The number of nitrogens with one attached hydrogen (secondary N) is 2. The number of carbonyl (C=O) groups excluding carboxylic acids is 4. The molecule has 3 N–H and O–H groups in total. The average Bonchev–Trinajstić information content (AvgIpc) is 3.38. The summed E-state index contributed by atoms with van der Waals surface area (Å²) in [4.78, 5) is 58.9.